The number of carboxylic acid groups (broad SMARTS) is 1. The molecule has 1 aliphatic carbocycles. The Morgan fingerprint density at radius 1 is 1.23 bits per heavy atom. The summed E-state index contributed by atoms with van der Waals surface area (Å²) in [4.78, 5) is 16.3. The number of nitrogens with one attached hydrogen (secondary N) is 1. The van der Waals surface area contributed by atoms with Gasteiger partial charge in [0, 0.05) is 29.5 Å². The Kier molecular flexibility index (Phi) is 5.42. The van der Waals surface area contributed by atoms with E-state index in [1.54, 1.807) is 4.57 Å². The highest BCUT2D eigenvalue weighted by molar-refractivity contribution is 9.10. The lowest BCUT2D eigenvalue weighted by Gasteiger charge is -2.10. The summed E-state index contributed by atoms with van der Waals surface area (Å²) in [5.74, 6) is 1.27. The number of hydrogen-bond donors (Lipinski definition) is 2. The molecule has 1 saturated carbocycles. The molecule has 2 aromatic carbocycles. The van der Waals surface area contributed by atoms with Gasteiger partial charge in [-0.2, -0.15) is 5.21 Å². The Morgan fingerprint density at radius 2 is 2.03 bits per heavy atom. The number of benzene rings is 2. The van der Waals surface area contributed by atoms with Crippen LogP contribution in [0.2, 0.25) is 5.15 Å². The van der Waals surface area contributed by atoms with E-state index in [2.05, 4.69) is 41.5 Å². The second kappa shape index (κ2) is 8.62. The van der Waals surface area contributed by atoms with Gasteiger partial charge in [0.2, 0.25) is 5.82 Å². The lowest BCUT2D eigenvalue weighted by atomic mass is 10.0. The van der Waals surface area contributed by atoms with Gasteiger partial charge in [-0.3, -0.25) is 0 Å². The maximum Gasteiger partial charge on any atom is 0.355 e. The Balaban J connectivity index is 1.41. The summed E-state index contributed by atoms with van der Waals surface area (Å²) >= 11 is 9.92. The van der Waals surface area contributed by atoms with Crippen molar-refractivity contribution in [3.05, 3.63) is 69.2 Å². The third-order valence-corrected chi connectivity index (χ3v) is 7.22. The number of halogens is 2. The molecule has 0 atom stereocenters. The molecule has 0 radical (unpaired) electrons. The summed E-state index contributed by atoms with van der Waals surface area (Å²) in [5.41, 5.74) is 3.22. The molecule has 0 unspecified atom stereocenters. The van der Waals surface area contributed by atoms with E-state index in [4.69, 9.17) is 16.0 Å². The van der Waals surface area contributed by atoms with E-state index < -0.39 is 5.97 Å². The molecule has 0 spiro atoms. The van der Waals surface area contributed by atoms with E-state index in [-0.39, 0.29) is 10.8 Å². The molecule has 5 aromatic rings. The zero-order valence-electron chi connectivity index (χ0n) is 18.2. The van der Waals surface area contributed by atoms with Gasteiger partial charge in [0.05, 0.1) is 4.47 Å². The van der Waals surface area contributed by atoms with Crippen molar-refractivity contribution in [2.75, 3.05) is 0 Å². The number of hydrogen-bond acceptors (Lipinski definition) is 6. The van der Waals surface area contributed by atoms with E-state index in [1.807, 2.05) is 42.5 Å². The highest BCUT2D eigenvalue weighted by atomic mass is 79.9. The topological polar surface area (TPSA) is 123 Å². The fraction of sp³-hybridized carbons (Fsp3) is 0.208. The maximum absolute atomic E-state index is 11.9. The van der Waals surface area contributed by atoms with Crippen molar-refractivity contribution in [2.45, 2.75) is 25.8 Å². The molecule has 2 N–H and O–H groups in total. The lowest BCUT2D eigenvalue weighted by molar-refractivity contribution is 0.0685. The van der Waals surface area contributed by atoms with Crippen LogP contribution >= 0.6 is 27.5 Å². The van der Waals surface area contributed by atoms with Gasteiger partial charge < -0.3 is 14.1 Å². The van der Waals surface area contributed by atoms with Crippen LogP contribution in [-0.4, -0.2) is 41.3 Å². The summed E-state index contributed by atoms with van der Waals surface area (Å²) < 4.78 is 8.71. The molecule has 6 rings (SSSR count). The molecule has 11 heteroatoms. The first kappa shape index (κ1) is 22.0. The van der Waals surface area contributed by atoms with Gasteiger partial charge in [0.1, 0.15) is 17.2 Å². The van der Waals surface area contributed by atoms with Crippen LogP contribution in [0.4, 0.5) is 0 Å². The van der Waals surface area contributed by atoms with Crippen LogP contribution in [0.15, 0.2) is 51.4 Å². The Morgan fingerprint density at radius 3 is 2.74 bits per heavy atom. The summed E-state index contributed by atoms with van der Waals surface area (Å²) in [6.45, 7) is 0.339. The van der Waals surface area contributed by atoms with Gasteiger partial charge in [0.15, 0.2) is 10.8 Å². The molecule has 1 fully saturated rings. The first-order valence-corrected chi connectivity index (χ1v) is 12.2. The van der Waals surface area contributed by atoms with Crippen LogP contribution in [0, 0.1) is 5.92 Å². The minimum Gasteiger partial charge on any atom is -0.476 e. The van der Waals surface area contributed by atoms with Gasteiger partial charge in [-0.25, -0.2) is 9.78 Å². The van der Waals surface area contributed by atoms with Crippen LogP contribution in [0.1, 0.15) is 34.7 Å². The van der Waals surface area contributed by atoms with E-state index in [0.29, 0.717) is 35.5 Å². The number of H-pyrrole nitrogens is 1. The number of imidazole rings is 1. The Bertz CT molecular complexity index is 1570. The number of fused-ring (bicyclic) bond motifs is 1. The molecule has 35 heavy (non-hydrogen) atoms. The van der Waals surface area contributed by atoms with E-state index >= 15 is 0 Å². The van der Waals surface area contributed by atoms with E-state index in [1.165, 1.54) is 0 Å². The smallest absolute Gasteiger partial charge is 0.355 e. The van der Waals surface area contributed by atoms with Crippen molar-refractivity contribution in [3.63, 3.8) is 0 Å². The number of furan rings is 1. The number of aromatic amines is 1. The fourth-order valence-corrected chi connectivity index (χ4v) is 5.18. The number of tetrazole rings is 1. The molecule has 0 amide bonds. The highest BCUT2D eigenvalue weighted by Gasteiger charge is 2.28. The zero-order chi connectivity index (χ0) is 24.1. The SMILES string of the molecule is O=C(O)c1c(Cl)nc(CC2CC2)n1Cc1ccc2oc(-c3ccccc3-c3nn[nH]n3)c(Br)c2c1. The highest BCUT2D eigenvalue weighted by Crippen LogP contribution is 2.41. The zero-order valence-corrected chi connectivity index (χ0v) is 20.5. The molecule has 0 bridgehead atoms. The van der Waals surface area contributed by atoms with Crippen LogP contribution in [0.25, 0.3) is 33.7 Å². The molecule has 3 aromatic heterocycles. The number of nitrogens with zero attached hydrogens (tertiary/aromatic N) is 5. The number of aromatic carboxylic acids is 1. The summed E-state index contributed by atoms with van der Waals surface area (Å²) in [5, 5.41) is 25.0. The monoisotopic (exact) mass is 552 g/mol. The molecule has 1 aliphatic rings. The summed E-state index contributed by atoms with van der Waals surface area (Å²) in [6.07, 6.45) is 2.99. The van der Waals surface area contributed by atoms with E-state index in [0.717, 1.165) is 45.8 Å². The van der Waals surface area contributed by atoms with Crippen LogP contribution in [-0.2, 0) is 13.0 Å². The van der Waals surface area contributed by atoms with Crippen LogP contribution < -0.4 is 0 Å². The predicted octanol–water partition coefficient (Wildman–Crippen LogP) is 5.59. The van der Waals surface area contributed by atoms with Crippen LogP contribution in [0.5, 0.6) is 0 Å². The van der Waals surface area contributed by atoms with Crippen molar-refractivity contribution in [3.8, 4) is 22.7 Å². The second-order valence-electron chi connectivity index (χ2n) is 8.56. The quantitative estimate of drug-likeness (QED) is 0.269. The summed E-state index contributed by atoms with van der Waals surface area (Å²) in [6, 6.07) is 13.5. The Hall–Kier alpha value is -3.50. The number of rotatable bonds is 7. The van der Waals surface area contributed by atoms with E-state index in [9.17, 15) is 9.90 Å². The third kappa shape index (κ3) is 4.02. The number of aromatic nitrogens is 6. The van der Waals surface area contributed by atoms with Gasteiger partial charge in [-0.05, 0) is 57.6 Å². The van der Waals surface area contributed by atoms with Crippen molar-refractivity contribution >= 4 is 44.5 Å². The molecule has 0 saturated heterocycles. The first-order chi connectivity index (χ1) is 17.0. The van der Waals surface area contributed by atoms with Crippen molar-refractivity contribution in [2.24, 2.45) is 5.92 Å². The van der Waals surface area contributed by atoms with Crippen molar-refractivity contribution in [1.82, 2.24) is 30.2 Å². The maximum atomic E-state index is 11.9. The van der Waals surface area contributed by atoms with Gasteiger partial charge in [-0.1, -0.05) is 41.9 Å². The van der Waals surface area contributed by atoms with Crippen LogP contribution in [0.3, 0.4) is 0 Å². The molecule has 9 nitrogen and oxygen atoms in total. The molecule has 176 valence electrons. The van der Waals surface area contributed by atoms with Gasteiger partial charge in [-0.15, -0.1) is 10.2 Å². The lowest BCUT2D eigenvalue weighted by Crippen LogP contribution is -2.13. The first-order valence-electron chi connectivity index (χ1n) is 11.0. The molecular weight excluding hydrogens is 536 g/mol. The minimum absolute atomic E-state index is 0.0170. The average molecular weight is 554 g/mol. The predicted molar refractivity (Wildman–Crippen MR) is 132 cm³/mol. The molecule has 3 heterocycles. The molecule has 0 aliphatic heterocycles. The third-order valence-electron chi connectivity index (χ3n) is 6.17. The largest absolute Gasteiger partial charge is 0.476 e. The second-order valence-corrected chi connectivity index (χ2v) is 9.71. The number of carbonyl (C=O) groups is 1. The summed E-state index contributed by atoms with van der Waals surface area (Å²) in [7, 11) is 0. The Labute approximate surface area is 212 Å². The number of carboxylic acids is 1. The van der Waals surface area contributed by atoms with Crippen molar-refractivity contribution in [1.29, 1.82) is 0 Å². The van der Waals surface area contributed by atoms with Gasteiger partial charge >= 0.3 is 5.97 Å². The van der Waals surface area contributed by atoms with Crippen molar-refractivity contribution < 1.29 is 14.3 Å². The standard InChI is InChI=1S/C24H18BrClN6O3/c25-19-16-9-13(11-32-18(10-12-5-6-12)27-22(26)20(32)24(33)34)7-8-17(16)35-21(19)14-3-1-2-4-15(14)23-28-30-31-29-23/h1-4,7-9,12H,5-6,10-11H2,(H,33,34)(H,28,29,30,31). The fourth-order valence-electron chi connectivity index (χ4n) is 4.30. The minimum atomic E-state index is -1.09. The molecular formula is C24H18BrClN6O3. The van der Waals surface area contributed by atoms with Gasteiger partial charge in [0.25, 0.3) is 0 Å². The normalized spacial score (nSPS) is 13.5. The average Bonchev–Trinajstić information content (AvgIpc) is 3.24.